The first-order chi connectivity index (χ1) is 20.3. The summed E-state index contributed by atoms with van der Waals surface area (Å²) in [6.45, 7) is 5.98. The van der Waals surface area contributed by atoms with Gasteiger partial charge in [0.05, 0.1) is 30.6 Å². The minimum Gasteiger partial charge on any atom is -0.392 e. The number of nitrogens with zero attached hydrogens (tertiary/aromatic N) is 2. The molecular weight excluding hydrogens is 528 g/mol. The van der Waals surface area contributed by atoms with Gasteiger partial charge in [-0.2, -0.15) is 0 Å². The second-order valence-corrected chi connectivity index (χ2v) is 10.5. The molecule has 3 amide bonds. The third kappa shape index (κ3) is 6.84. The van der Waals surface area contributed by atoms with E-state index in [0.29, 0.717) is 29.0 Å². The lowest BCUT2D eigenvalue weighted by atomic mass is 9.99. The molecular formula is C34H38N4O4. The van der Waals surface area contributed by atoms with E-state index in [4.69, 9.17) is 0 Å². The lowest BCUT2D eigenvalue weighted by Gasteiger charge is -2.31. The van der Waals surface area contributed by atoms with Gasteiger partial charge in [-0.15, -0.1) is 0 Å². The lowest BCUT2D eigenvalue weighted by Crippen LogP contribution is -2.49. The molecule has 4 aromatic carbocycles. The van der Waals surface area contributed by atoms with Crippen LogP contribution in [-0.2, 0) is 22.7 Å². The molecule has 0 fully saturated rings. The van der Waals surface area contributed by atoms with Crippen LogP contribution in [0, 0.1) is 6.92 Å². The summed E-state index contributed by atoms with van der Waals surface area (Å²) in [6, 6.07) is 25.5. The molecule has 8 nitrogen and oxygen atoms in total. The standard InChI is InChI=1S/C34H38N4O4/c1-23-13-16-27-9-5-6-10-29(27)30(23)20-37(22-40)31-11-7-8-12-32(31)38(19-24(2)36-33(41)25(3)35-4)34(42)28-17-14-26(21-39)15-18-28/h5-18,22,24-25,35,39H,19-21H2,1-4H3,(H,36,41)/t24?,25-/m0/s1. The highest BCUT2D eigenvalue weighted by atomic mass is 16.3. The molecule has 0 aliphatic carbocycles. The third-order valence-electron chi connectivity index (χ3n) is 7.51. The SMILES string of the molecule is CN[C@@H](C)C(=O)NC(C)CN(C(=O)c1ccc(CO)cc1)c1ccccc1N(C=O)Cc1c(C)ccc2ccccc12. The van der Waals surface area contributed by atoms with Crippen LogP contribution in [-0.4, -0.2) is 49.0 Å². The van der Waals surface area contributed by atoms with Crippen molar-refractivity contribution in [2.45, 2.75) is 46.0 Å². The summed E-state index contributed by atoms with van der Waals surface area (Å²) in [4.78, 5) is 42.5. The average molecular weight is 567 g/mol. The van der Waals surface area contributed by atoms with Crippen molar-refractivity contribution in [2.24, 2.45) is 0 Å². The number of carbonyl (C=O) groups excluding carboxylic acids is 3. The van der Waals surface area contributed by atoms with Crippen molar-refractivity contribution >= 4 is 40.4 Å². The van der Waals surface area contributed by atoms with E-state index in [0.717, 1.165) is 28.3 Å². The van der Waals surface area contributed by atoms with Crippen LogP contribution in [0.4, 0.5) is 11.4 Å². The van der Waals surface area contributed by atoms with Crippen molar-refractivity contribution in [1.29, 1.82) is 0 Å². The molecule has 0 heterocycles. The number of anilines is 2. The number of likely N-dealkylation sites (N-methyl/N-ethyl adjacent to an activating group) is 1. The molecule has 0 aromatic heterocycles. The van der Waals surface area contributed by atoms with Crippen molar-refractivity contribution in [3.05, 3.63) is 107 Å². The van der Waals surface area contributed by atoms with Crippen molar-refractivity contribution in [3.8, 4) is 0 Å². The molecule has 0 aliphatic rings. The smallest absolute Gasteiger partial charge is 0.258 e. The predicted molar refractivity (Wildman–Crippen MR) is 168 cm³/mol. The summed E-state index contributed by atoms with van der Waals surface area (Å²) in [7, 11) is 1.71. The Hall–Kier alpha value is -4.53. The summed E-state index contributed by atoms with van der Waals surface area (Å²) >= 11 is 0. The Morgan fingerprint density at radius 2 is 1.57 bits per heavy atom. The number of carbonyl (C=O) groups is 3. The Morgan fingerprint density at radius 1 is 0.905 bits per heavy atom. The molecule has 8 heteroatoms. The predicted octanol–water partition coefficient (Wildman–Crippen LogP) is 4.56. The van der Waals surface area contributed by atoms with Gasteiger partial charge in [0.15, 0.2) is 0 Å². The fourth-order valence-electron chi connectivity index (χ4n) is 4.96. The zero-order valence-corrected chi connectivity index (χ0v) is 24.5. The first kappa shape index (κ1) is 30.4. The highest BCUT2D eigenvalue weighted by molar-refractivity contribution is 6.08. The molecule has 0 aliphatic heterocycles. The first-order valence-electron chi connectivity index (χ1n) is 14.0. The van der Waals surface area contributed by atoms with Crippen LogP contribution in [0.25, 0.3) is 10.8 Å². The van der Waals surface area contributed by atoms with Crippen LogP contribution < -0.4 is 20.4 Å². The Bertz CT molecular complexity index is 1550. The topological polar surface area (TPSA) is 102 Å². The Balaban J connectivity index is 1.75. The summed E-state index contributed by atoms with van der Waals surface area (Å²) in [5.41, 5.74) is 4.31. The van der Waals surface area contributed by atoms with Crippen molar-refractivity contribution in [3.63, 3.8) is 0 Å². The molecule has 4 rings (SSSR count). The Kier molecular flexibility index (Phi) is 10.1. The maximum Gasteiger partial charge on any atom is 0.258 e. The number of rotatable bonds is 12. The second kappa shape index (κ2) is 13.9. The zero-order chi connectivity index (χ0) is 30.2. The van der Waals surface area contributed by atoms with E-state index in [1.807, 2.05) is 56.3 Å². The van der Waals surface area contributed by atoms with E-state index >= 15 is 0 Å². The van der Waals surface area contributed by atoms with Crippen molar-refractivity contribution in [2.75, 3.05) is 23.4 Å². The number of fused-ring (bicyclic) bond motifs is 1. The molecule has 2 atom stereocenters. The number of aliphatic hydroxyl groups is 1. The molecule has 0 radical (unpaired) electrons. The summed E-state index contributed by atoms with van der Waals surface area (Å²) < 4.78 is 0. The molecule has 1 unspecified atom stereocenters. The molecule has 218 valence electrons. The van der Waals surface area contributed by atoms with E-state index in [1.165, 1.54) is 0 Å². The number of aryl methyl sites for hydroxylation is 1. The first-order valence-corrected chi connectivity index (χ1v) is 14.0. The number of benzene rings is 4. The van der Waals surface area contributed by atoms with Gasteiger partial charge in [0.1, 0.15) is 0 Å². The van der Waals surface area contributed by atoms with Crippen molar-refractivity contribution < 1.29 is 19.5 Å². The van der Waals surface area contributed by atoms with Crippen LogP contribution in [0.1, 0.15) is 40.9 Å². The maximum absolute atomic E-state index is 14.0. The van der Waals surface area contributed by atoms with Gasteiger partial charge in [0.2, 0.25) is 12.3 Å². The number of para-hydroxylation sites is 2. The van der Waals surface area contributed by atoms with Gasteiger partial charge in [0.25, 0.3) is 5.91 Å². The molecule has 42 heavy (non-hydrogen) atoms. The van der Waals surface area contributed by atoms with Crippen LogP contribution in [0.3, 0.4) is 0 Å². The average Bonchev–Trinajstić information content (AvgIpc) is 3.02. The van der Waals surface area contributed by atoms with Gasteiger partial charge in [-0.25, -0.2) is 0 Å². The van der Waals surface area contributed by atoms with E-state index in [-0.39, 0.29) is 25.0 Å². The Labute approximate surface area is 247 Å². The third-order valence-corrected chi connectivity index (χ3v) is 7.51. The number of aliphatic hydroxyl groups excluding tert-OH is 1. The lowest BCUT2D eigenvalue weighted by molar-refractivity contribution is -0.123. The van der Waals surface area contributed by atoms with Gasteiger partial charge >= 0.3 is 0 Å². The summed E-state index contributed by atoms with van der Waals surface area (Å²) in [5, 5.41) is 17.5. The molecule has 0 saturated carbocycles. The zero-order valence-electron chi connectivity index (χ0n) is 24.5. The van der Waals surface area contributed by atoms with E-state index in [2.05, 4.69) is 28.8 Å². The van der Waals surface area contributed by atoms with Gasteiger partial charge < -0.3 is 25.5 Å². The van der Waals surface area contributed by atoms with Crippen LogP contribution >= 0.6 is 0 Å². The summed E-state index contributed by atoms with van der Waals surface area (Å²) in [5.74, 6) is -0.471. The normalized spacial score (nSPS) is 12.4. The maximum atomic E-state index is 14.0. The van der Waals surface area contributed by atoms with Crippen LogP contribution in [0.2, 0.25) is 0 Å². The molecule has 3 N–H and O–H groups in total. The van der Waals surface area contributed by atoms with E-state index in [1.54, 1.807) is 48.0 Å². The molecule has 4 aromatic rings. The Morgan fingerprint density at radius 3 is 2.24 bits per heavy atom. The fraction of sp³-hybridized carbons (Fsp3) is 0.265. The minimum absolute atomic E-state index is 0.129. The highest BCUT2D eigenvalue weighted by Gasteiger charge is 2.26. The minimum atomic E-state index is -0.399. The molecule has 0 bridgehead atoms. The molecule has 0 saturated heterocycles. The quantitative estimate of drug-likeness (QED) is 0.218. The van der Waals surface area contributed by atoms with Gasteiger partial charge in [-0.1, -0.05) is 60.7 Å². The van der Waals surface area contributed by atoms with E-state index < -0.39 is 12.1 Å². The van der Waals surface area contributed by atoms with E-state index in [9.17, 15) is 19.5 Å². The summed E-state index contributed by atoms with van der Waals surface area (Å²) in [6.07, 6.45) is 0.790. The van der Waals surface area contributed by atoms with Crippen LogP contribution in [0.5, 0.6) is 0 Å². The second-order valence-electron chi connectivity index (χ2n) is 10.5. The number of hydrogen-bond donors (Lipinski definition) is 3. The highest BCUT2D eigenvalue weighted by Crippen LogP contribution is 2.33. The molecule has 0 spiro atoms. The fourth-order valence-corrected chi connectivity index (χ4v) is 4.96. The number of hydrogen-bond acceptors (Lipinski definition) is 5. The van der Waals surface area contributed by atoms with Crippen molar-refractivity contribution in [1.82, 2.24) is 10.6 Å². The number of amides is 3. The largest absolute Gasteiger partial charge is 0.392 e. The number of nitrogens with one attached hydrogen (secondary N) is 2. The van der Waals surface area contributed by atoms with Gasteiger partial charge in [-0.05, 0) is 79.5 Å². The van der Waals surface area contributed by atoms with Crippen LogP contribution in [0.15, 0.2) is 84.9 Å². The van der Waals surface area contributed by atoms with Gasteiger partial charge in [0, 0.05) is 18.2 Å². The van der Waals surface area contributed by atoms with Gasteiger partial charge in [-0.3, -0.25) is 14.4 Å². The monoisotopic (exact) mass is 566 g/mol.